The van der Waals surface area contributed by atoms with Crippen LogP contribution in [0.1, 0.15) is 13.3 Å². The number of ketones is 1. The summed E-state index contributed by atoms with van der Waals surface area (Å²) in [5.74, 6) is 0.131. The van der Waals surface area contributed by atoms with Crippen LogP contribution in [0.15, 0.2) is 12.2 Å². The fourth-order valence-corrected chi connectivity index (χ4v) is 0.882. The highest BCUT2D eigenvalue weighted by atomic mass is 16.7. The Balaban J connectivity index is 2.09. The Morgan fingerprint density at radius 1 is 1.73 bits per heavy atom. The normalized spacial score (nSPS) is 23.0. The summed E-state index contributed by atoms with van der Waals surface area (Å²) in [4.78, 5) is 10.7. The summed E-state index contributed by atoms with van der Waals surface area (Å²) in [7, 11) is 0. The van der Waals surface area contributed by atoms with E-state index in [1.807, 2.05) is 6.92 Å². The highest BCUT2D eigenvalue weighted by Gasteiger charge is 2.15. The van der Waals surface area contributed by atoms with Crippen molar-refractivity contribution in [3.8, 4) is 0 Å². The lowest BCUT2D eigenvalue weighted by molar-refractivity contribution is -0.118. The first-order chi connectivity index (χ1) is 5.33. The molecule has 1 rings (SSSR count). The van der Waals surface area contributed by atoms with Gasteiger partial charge in [0.2, 0.25) is 0 Å². The van der Waals surface area contributed by atoms with Gasteiger partial charge in [-0.15, -0.1) is 0 Å². The van der Waals surface area contributed by atoms with Crippen LogP contribution in [-0.4, -0.2) is 25.3 Å². The third-order valence-electron chi connectivity index (χ3n) is 1.47. The summed E-state index contributed by atoms with van der Waals surface area (Å²) in [5, 5.41) is 0. The molecular weight excluding hydrogens is 144 g/mol. The summed E-state index contributed by atoms with van der Waals surface area (Å²) in [6.45, 7) is 2.82. The molecule has 0 saturated carbocycles. The van der Waals surface area contributed by atoms with E-state index in [1.54, 1.807) is 12.2 Å². The van der Waals surface area contributed by atoms with E-state index in [9.17, 15) is 4.79 Å². The lowest BCUT2D eigenvalue weighted by atomic mass is 10.3. The highest BCUT2D eigenvalue weighted by Crippen LogP contribution is 2.09. The van der Waals surface area contributed by atoms with Gasteiger partial charge in [0.25, 0.3) is 0 Å². The quantitative estimate of drug-likeness (QED) is 0.448. The smallest absolute Gasteiger partial charge is 0.158 e. The van der Waals surface area contributed by atoms with Gasteiger partial charge in [-0.05, 0) is 13.0 Å². The minimum atomic E-state index is -0.0611. The fraction of sp³-hybridized carbons (Fsp3) is 0.625. The lowest BCUT2D eigenvalue weighted by Crippen LogP contribution is -2.11. The topological polar surface area (TPSA) is 35.5 Å². The number of hydrogen-bond donors (Lipinski definition) is 0. The highest BCUT2D eigenvalue weighted by molar-refractivity contribution is 5.92. The SMILES string of the molecule is CCOCOC1C=CC(=O)C1. The van der Waals surface area contributed by atoms with Crippen LogP contribution in [0.2, 0.25) is 0 Å². The van der Waals surface area contributed by atoms with Crippen LogP contribution in [0.5, 0.6) is 0 Å². The predicted octanol–water partition coefficient (Wildman–Crippen LogP) is 0.895. The Kier molecular flexibility index (Phi) is 3.26. The minimum absolute atomic E-state index is 0.0611. The second-order valence-corrected chi connectivity index (χ2v) is 2.35. The average Bonchev–Trinajstić information content (AvgIpc) is 2.37. The molecule has 3 nitrogen and oxygen atoms in total. The number of carbonyl (C=O) groups excluding carboxylic acids is 1. The van der Waals surface area contributed by atoms with E-state index >= 15 is 0 Å². The van der Waals surface area contributed by atoms with E-state index in [1.165, 1.54) is 0 Å². The number of carbonyl (C=O) groups is 1. The second kappa shape index (κ2) is 4.26. The molecule has 0 saturated heterocycles. The zero-order valence-electron chi connectivity index (χ0n) is 6.58. The molecule has 1 atom stereocenters. The zero-order valence-corrected chi connectivity index (χ0v) is 6.58. The van der Waals surface area contributed by atoms with Crippen LogP contribution < -0.4 is 0 Å². The van der Waals surface area contributed by atoms with Gasteiger partial charge in [0.1, 0.15) is 6.79 Å². The van der Waals surface area contributed by atoms with Crippen LogP contribution in [0.4, 0.5) is 0 Å². The molecule has 0 radical (unpaired) electrons. The van der Waals surface area contributed by atoms with E-state index in [0.29, 0.717) is 13.0 Å². The molecule has 62 valence electrons. The van der Waals surface area contributed by atoms with Gasteiger partial charge >= 0.3 is 0 Å². The minimum Gasteiger partial charge on any atom is -0.356 e. The summed E-state index contributed by atoms with van der Waals surface area (Å²) in [6.07, 6.45) is 3.72. The Morgan fingerprint density at radius 3 is 3.09 bits per heavy atom. The third kappa shape index (κ3) is 2.82. The van der Waals surface area contributed by atoms with E-state index < -0.39 is 0 Å². The number of hydrogen-bond acceptors (Lipinski definition) is 3. The maximum absolute atomic E-state index is 10.7. The van der Waals surface area contributed by atoms with Gasteiger partial charge in [-0.2, -0.15) is 0 Å². The van der Waals surface area contributed by atoms with Crippen molar-refractivity contribution >= 4 is 5.78 Å². The van der Waals surface area contributed by atoms with E-state index in [-0.39, 0.29) is 18.7 Å². The first kappa shape index (κ1) is 8.43. The van der Waals surface area contributed by atoms with E-state index in [4.69, 9.17) is 9.47 Å². The van der Waals surface area contributed by atoms with Crippen LogP contribution in [-0.2, 0) is 14.3 Å². The van der Waals surface area contributed by atoms with Gasteiger partial charge in [-0.1, -0.05) is 6.08 Å². The molecule has 0 heterocycles. The molecule has 1 aliphatic carbocycles. The monoisotopic (exact) mass is 156 g/mol. The standard InChI is InChI=1S/C8H12O3/c1-2-10-6-11-8-4-3-7(9)5-8/h3-4,8H,2,5-6H2,1H3. The molecule has 1 aliphatic rings. The molecule has 11 heavy (non-hydrogen) atoms. The zero-order chi connectivity index (χ0) is 8.10. The number of ether oxygens (including phenoxy) is 2. The van der Waals surface area contributed by atoms with Crippen molar-refractivity contribution in [3.63, 3.8) is 0 Å². The van der Waals surface area contributed by atoms with Gasteiger partial charge in [-0.3, -0.25) is 4.79 Å². The fourth-order valence-electron chi connectivity index (χ4n) is 0.882. The van der Waals surface area contributed by atoms with Gasteiger partial charge in [0, 0.05) is 13.0 Å². The molecule has 1 unspecified atom stereocenters. The van der Waals surface area contributed by atoms with Crippen LogP contribution in [0, 0.1) is 0 Å². The summed E-state index contributed by atoms with van der Waals surface area (Å²) < 4.78 is 10.1. The van der Waals surface area contributed by atoms with Gasteiger partial charge in [-0.25, -0.2) is 0 Å². The van der Waals surface area contributed by atoms with Crippen molar-refractivity contribution in [2.24, 2.45) is 0 Å². The van der Waals surface area contributed by atoms with E-state index in [0.717, 1.165) is 0 Å². The Labute approximate surface area is 66.0 Å². The van der Waals surface area contributed by atoms with Crippen molar-refractivity contribution in [3.05, 3.63) is 12.2 Å². The Morgan fingerprint density at radius 2 is 2.55 bits per heavy atom. The third-order valence-corrected chi connectivity index (χ3v) is 1.47. The molecule has 0 aromatic carbocycles. The maximum Gasteiger partial charge on any atom is 0.158 e. The van der Waals surface area contributed by atoms with Crippen molar-refractivity contribution in [2.75, 3.05) is 13.4 Å². The Bertz CT molecular complexity index is 163. The van der Waals surface area contributed by atoms with Crippen LogP contribution in [0.3, 0.4) is 0 Å². The molecule has 0 N–H and O–H groups in total. The molecule has 0 spiro atoms. The van der Waals surface area contributed by atoms with Crippen molar-refractivity contribution < 1.29 is 14.3 Å². The largest absolute Gasteiger partial charge is 0.356 e. The predicted molar refractivity (Wildman–Crippen MR) is 40.1 cm³/mol. The van der Waals surface area contributed by atoms with Gasteiger partial charge in [0.15, 0.2) is 5.78 Å². The first-order valence-corrected chi connectivity index (χ1v) is 3.73. The lowest BCUT2D eigenvalue weighted by Gasteiger charge is -2.07. The molecule has 0 aromatic heterocycles. The molecule has 0 fully saturated rings. The molecule has 0 aromatic rings. The number of allylic oxidation sites excluding steroid dienone is 1. The van der Waals surface area contributed by atoms with Crippen LogP contribution >= 0.6 is 0 Å². The molecule has 0 amide bonds. The van der Waals surface area contributed by atoms with Crippen molar-refractivity contribution in [1.82, 2.24) is 0 Å². The molecule has 3 heteroatoms. The first-order valence-electron chi connectivity index (χ1n) is 3.73. The molecule has 0 aliphatic heterocycles. The number of rotatable bonds is 4. The van der Waals surface area contributed by atoms with Crippen molar-refractivity contribution in [1.29, 1.82) is 0 Å². The van der Waals surface area contributed by atoms with E-state index in [2.05, 4.69) is 0 Å². The van der Waals surface area contributed by atoms with Gasteiger partial charge < -0.3 is 9.47 Å². The van der Waals surface area contributed by atoms with Gasteiger partial charge in [0.05, 0.1) is 6.10 Å². The van der Waals surface area contributed by atoms with Crippen molar-refractivity contribution in [2.45, 2.75) is 19.4 Å². The average molecular weight is 156 g/mol. The maximum atomic E-state index is 10.7. The summed E-state index contributed by atoms with van der Waals surface area (Å²) in [5.41, 5.74) is 0. The molecular formula is C8H12O3. The second-order valence-electron chi connectivity index (χ2n) is 2.35. The Hall–Kier alpha value is -0.670. The molecule has 0 bridgehead atoms. The van der Waals surface area contributed by atoms with Crippen LogP contribution in [0.25, 0.3) is 0 Å². The summed E-state index contributed by atoms with van der Waals surface area (Å²) in [6, 6.07) is 0. The summed E-state index contributed by atoms with van der Waals surface area (Å²) >= 11 is 0.